The van der Waals surface area contributed by atoms with Crippen molar-refractivity contribution < 1.29 is 29.7 Å². The highest BCUT2D eigenvalue weighted by atomic mass is 16.4. The van der Waals surface area contributed by atoms with Crippen molar-refractivity contribution >= 4 is 17.9 Å². The molecule has 0 bridgehead atoms. The Morgan fingerprint density at radius 2 is 0.431 bits per heavy atom. The summed E-state index contributed by atoms with van der Waals surface area (Å²) < 4.78 is 0. The minimum atomic E-state index is -1.04. The maximum absolute atomic E-state index is 12.0. The minimum Gasteiger partial charge on any atom is -0.478 e. The number of hydrogen-bond acceptors (Lipinski definition) is 3. The Balaban J connectivity index is 1.77. The van der Waals surface area contributed by atoms with Gasteiger partial charge in [-0.05, 0) is 103 Å². The Morgan fingerprint density at radius 1 is 0.255 bits per heavy atom. The molecule has 7 aromatic rings. The fraction of sp³-hybridized carbons (Fsp3) is 0. The van der Waals surface area contributed by atoms with E-state index in [9.17, 15) is 29.7 Å². The second-order valence-corrected chi connectivity index (χ2v) is 12.0. The van der Waals surface area contributed by atoms with Gasteiger partial charge >= 0.3 is 17.9 Å². The standard InChI is InChI=1S/C45H30O6/c46-43(47)34-22-16-31(17-23-34)40-37(28-10-4-1-5-11-28)38(29-12-6-2-7-13-29)41(32-18-24-35(25-19-32)44(48)49)42(39(40)30-14-8-3-9-15-30)33-20-26-36(27-21-33)45(50)51/h1-27H,(H,46,47)(H,48,49)(H,50,51). The van der Waals surface area contributed by atoms with Crippen LogP contribution in [0.2, 0.25) is 0 Å². The number of benzene rings is 7. The van der Waals surface area contributed by atoms with E-state index in [-0.39, 0.29) is 16.7 Å². The average molecular weight is 667 g/mol. The summed E-state index contributed by atoms with van der Waals surface area (Å²) in [6, 6.07) is 50.3. The quantitative estimate of drug-likeness (QED) is 0.141. The fourth-order valence-electron chi connectivity index (χ4n) is 6.63. The summed E-state index contributed by atoms with van der Waals surface area (Å²) in [7, 11) is 0. The lowest BCUT2D eigenvalue weighted by Crippen LogP contribution is -2.03. The van der Waals surface area contributed by atoms with Gasteiger partial charge in [0.25, 0.3) is 0 Å². The van der Waals surface area contributed by atoms with Gasteiger partial charge in [0.1, 0.15) is 0 Å². The molecule has 0 spiro atoms. The van der Waals surface area contributed by atoms with Crippen LogP contribution in [0.25, 0.3) is 66.8 Å². The molecule has 0 aromatic heterocycles. The summed E-state index contributed by atoms with van der Waals surface area (Å²) in [6.45, 7) is 0. The van der Waals surface area contributed by atoms with Crippen LogP contribution in [0.15, 0.2) is 164 Å². The summed E-state index contributed by atoms with van der Waals surface area (Å²) in [5.41, 5.74) is 10.5. The van der Waals surface area contributed by atoms with E-state index in [0.717, 1.165) is 66.8 Å². The van der Waals surface area contributed by atoms with Crippen LogP contribution in [0.3, 0.4) is 0 Å². The lowest BCUT2D eigenvalue weighted by molar-refractivity contribution is 0.0686. The largest absolute Gasteiger partial charge is 0.478 e. The van der Waals surface area contributed by atoms with E-state index < -0.39 is 17.9 Å². The zero-order valence-corrected chi connectivity index (χ0v) is 27.2. The highest BCUT2D eigenvalue weighted by molar-refractivity contribution is 6.15. The predicted molar refractivity (Wildman–Crippen MR) is 200 cm³/mol. The van der Waals surface area contributed by atoms with Crippen LogP contribution in [-0.4, -0.2) is 33.2 Å². The smallest absolute Gasteiger partial charge is 0.335 e. The molecule has 0 saturated heterocycles. The molecule has 0 aliphatic rings. The second kappa shape index (κ2) is 13.8. The van der Waals surface area contributed by atoms with E-state index in [2.05, 4.69) is 0 Å². The maximum Gasteiger partial charge on any atom is 0.335 e. The molecule has 0 heterocycles. The third-order valence-corrected chi connectivity index (χ3v) is 8.95. The Kier molecular flexibility index (Phi) is 8.81. The first-order valence-corrected chi connectivity index (χ1v) is 16.2. The second-order valence-electron chi connectivity index (χ2n) is 12.0. The Labute approximate surface area is 294 Å². The molecule has 0 atom stereocenters. The van der Waals surface area contributed by atoms with E-state index in [1.165, 1.54) is 0 Å². The van der Waals surface area contributed by atoms with Crippen molar-refractivity contribution in [3.63, 3.8) is 0 Å². The topological polar surface area (TPSA) is 112 Å². The molecule has 7 aromatic carbocycles. The lowest BCUT2D eigenvalue weighted by Gasteiger charge is -2.29. The molecular formula is C45H30O6. The van der Waals surface area contributed by atoms with Crippen LogP contribution in [0.5, 0.6) is 0 Å². The summed E-state index contributed by atoms with van der Waals surface area (Å²) >= 11 is 0. The summed E-state index contributed by atoms with van der Waals surface area (Å²) in [5, 5.41) is 29.4. The SMILES string of the molecule is O=C(O)c1ccc(-c2c(-c3ccccc3)c(-c3ccccc3)c(-c3ccc(C(=O)O)cc3)c(-c3ccc(C(=O)O)cc3)c2-c2ccccc2)cc1. The van der Waals surface area contributed by atoms with Crippen LogP contribution >= 0.6 is 0 Å². The van der Waals surface area contributed by atoms with E-state index in [1.807, 2.05) is 115 Å². The molecule has 0 radical (unpaired) electrons. The third-order valence-electron chi connectivity index (χ3n) is 8.95. The highest BCUT2D eigenvalue weighted by Crippen LogP contribution is 2.55. The Bertz CT molecular complexity index is 2380. The highest BCUT2D eigenvalue weighted by Gasteiger charge is 2.29. The van der Waals surface area contributed by atoms with Crippen molar-refractivity contribution in [3.8, 4) is 66.8 Å². The van der Waals surface area contributed by atoms with Crippen LogP contribution in [0.1, 0.15) is 31.1 Å². The number of rotatable bonds is 9. The van der Waals surface area contributed by atoms with E-state index in [4.69, 9.17) is 0 Å². The van der Waals surface area contributed by atoms with E-state index in [0.29, 0.717) is 0 Å². The van der Waals surface area contributed by atoms with Crippen molar-refractivity contribution in [1.82, 2.24) is 0 Å². The van der Waals surface area contributed by atoms with Gasteiger partial charge in [0.2, 0.25) is 0 Å². The molecular weight excluding hydrogens is 636 g/mol. The molecule has 51 heavy (non-hydrogen) atoms. The van der Waals surface area contributed by atoms with Gasteiger partial charge < -0.3 is 15.3 Å². The molecule has 0 aliphatic heterocycles. The average Bonchev–Trinajstić information content (AvgIpc) is 3.18. The summed E-state index contributed by atoms with van der Waals surface area (Å²) in [4.78, 5) is 35.9. The summed E-state index contributed by atoms with van der Waals surface area (Å²) in [6.07, 6.45) is 0. The fourth-order valence-corrected chi connectivity index (χ4v) is 6.63. The monoisotopic (exact) mass is 666 g/mol. The van der Waals surface area contributed by atoms with Gasteiger partial charge in [-0.2, -0.15) is 0 Å². The molecule has 0 aliphatic carbocycles. The van der Waals surface area contributed by atoms with Crippen LogP contribution in [-0.2, 0) is 0 Å². The van der Waals surface area contributed by atoms with E-state index in [1.54, 1.807) is 48.5 Å². The number of hydrogen-bond donors (Lipinski definition) is 3. The minimum absolute atomic E-state index is 0.140. The van der Waals surface area contributed by atoms with Crippen LogP contribution in [0.4, 0.5) is 0 Å². The molecule has 246 valence electrons. The maximum atomic E-state index is 12.0. The van der Waals surface area contributed by atoms with Gasteiger partial charge in [-0.25, -0.2) is 14.4 Å². The first-order valence-electron chi connectivity index (χ1n) is 16.2. The van der Waals surface area contributed by atoms with Crippen molar-refractivity contribution in [2.75, 3.05) is 0 Å². The van der Waals surface area contributed by atoms with Crippen molar-refractivity contribution in [1.29, 1.82) is 0 Å². The lowest BCUT2D eigenvalue weighted by atomic mass is 9.74. The van der Waals surface area contributed by atoms with Crippen molar-refractivity contribution in [3.05, 3.63) is 180 Å². The zero-order valence-electron chi connectivity index (χ0n) is 27.2. The van der Waals surface area contributed by atoms with Crippen molar-refractivity contribution in [2.24, 2.45) is 0 Å². The Hall–Kier alpha value is -7.05. The first-order chi connectivity index (χ1) is 24.8. The molecule has 0 amide bonds. The van der Waals surface area contributed by atoms with Gasteiger partial charge in [-0.15, -0.1) is 0 Å². The normalized spacial score (nSPS) is 10.8. The molecule has 6 heteroatoms. The molecule has 0 unspecified atom stereocenters. The number of carboxylic acids is 3. The molecule has 3 N–H and O–H groups in total. The van der Waals surface area contributed by atoms with Gasteiger partial charge in [0.05, 0.1) is 16.7 Å². The van der Waals surface area contributed by atoms with Gasteiger partial charge in [-0.3, -0.25) is 0 Å². The van der Waals surface area contributed by atoms with Gasteiger partial charge in [0.15, 0.2) is 0 Å². The number of carbonyl (C=O) groups is 3. The predicted octanol–water partition coefficient (Wildman–Crippen LogP) is 10.8. The molecule has 7 rings (SSSR count). The Morgan fingerprint density at radius 3 is 0.608 bits per heavy atom. The molecule has 6 nitrogen and oxygen atoms in total. The first kappa shape index (κ1) is 32.5. The number of aromatic carboxylic acids is 3. The van der Waals surface area contributed by atoms with Crippen LogP contribution in [0, 0.1) is 0 Å². The molecule has 0 saturated carbocycles. The van der Waals surface area contributed by atoms with Gasteiger partial charge in [0, 0.05) is 0 Å². The van der Waals surface area contributed by atoms with Crippen molar-refractivity contribution in [2.45, 2.75) is 0 Å². The van der Waals surface area contributed by atoms with Gasteiger partial charge in [-0.1, -0.05) is 127 Å². The molecule has 0 fully saturated rings. The zero-order chi connectivity index (χ0) is 35.5. The van der Waals surface area contributed by atoms with E-state index >= 15 is 0 Å². The number of carboxylic acid groups (broad SMARTS) is 3. The van der Waals surface area contributed by atoms with Crippen LogP contribution < -0.4 is 0 Å². The summed E-state index contributed by atoms with van der Waals surface area (Å²) in [5.74, 6) is -3.11. The third kappa shape index (κ3) is 6.30.